The van der Waals surface area contributed by atoms with Crippen molar-refractivity contribution >= 4 is 6.21 Å². The summed E-state index contributed by atoms with van der Waals surface area (Å²) in [5.41, 5.74) is 1.45. The quantitative estimate of drug-likeness (QED) is 0.725. The lowest BCUT2D eigenvalue weighted by atomic mass is 10.0. The Bertz CT molecular complexity index is 358. The van der Waals surface area contributed by atoms with Gasteiger partial charge in [-0.1, -0.05) is 37.3 Å². The van der Waals surface area contributed by atoms with Crippen molar-refractivity contribution in [2.24, 2.45) is 10.9 Å². The first-order valence-electron chi connectivity index (χ1n) is 6.56. The van der Waals surface area contributed by atoms with E-state index in [1.165, 1.54) is 24.9 Å². The van der Waals surface area contributed by atoms with E-state index in [-0.39, 0.29) is 0 Å². The molecule has 1 aliphatic rings. The molecular weight excluding hydrogens is 208 g/mol. The van der Waals surface area contributed by atoms with Crippen LogP contribution in [0.3, 0.4) is 0 Å². The molecule has 1 fully saturated rings. The summed E-state index contributed by atoms with van der Waals surface area (Å²) in [5, 5.41) is 0. The lowest BCUT2D eigenvalue weighted by molar-refractivity contribution is 0.236. The zero-order valence-electron chi connectivity index (χ0n) is 10.8. The van der Waals surface area contributed by atoms with Crippen molar-refractivity contribution in [3.63, 3.8) is 0 Å². The molecule has 2 nitrogen and oxygen atoms in total. The first-order valence-corrected chi connectivity index (χ1v) is 6.56. The van der Waals surface area contributed by atoms with Crippen molar-refractivity contribution in [3.05, 3.63) is 35.9 Å². The van der Waals surface area contributed by atoms with Gasteiger partial charge in [0.15, 0.2) is 0 Å². The molecule has 1 aromatic rings. The zero-order valence-corrected chi connectivity index (χ0v) is 10.8. The molecule has 1 unspecified atom stereocenters. The average Bonchev–Trinajstić information content (AvgIpc) is 2.81. The minimum Gasteiger partial charge on any atom is -0.301 e. The van der Waals surface area contributed by atoms with Crippen LogP contribution in [-0.4, -0.2) is 31.3 Å². The second kappa shape index (κ2) is 5.97. The predicted octanol–water partition coefficient (Wildman–Crippen LogP) is 3.16. The fraction of sp³-hybridized carbons (Fsp3) is 0.533. The van der Waals surface area contributed by atoms with Crippen molar-refractivity contribution < 1.29 is 0 Å². The largest absolute Gasteiger partial charge is 0.301 e. The van der Waals surface area contributed by atoms with Gasteiger partial charge in [0, 0.05) is 31.8 Å². The zero-order chi connectivity index (χ0) is 12.1. The van der Waals surface area contributed by atoms with Crippen LogP contribution in [0.4, 0.5) is 0 Å². The molecule has 1 saturated heterocycles. The van der Waals surface area contributed by atoms with Gasteiger partial charge in [0.1, 0.15) is 0 Å². The Morgan fingerprint density at radius 2 is 2.18 bits per heavy atom. The van der Waals surface area contributed by atoms with Crippen LogP contribution in [0.1, 0.15) is 31.4 Å². The van der Waals surface area contributed by atoms with Crippen LogP contribution in [-0.2, 0) is 0 Å². The molecule has 0 aliphatic carbocycles. The SMILES string of the molecule is CC[C@H](c1ccccc1)N1CCC(C=NC)C1. The Hall–Kier alpha value is -1.15. The van der Waals surface area contributed by atoms with E-state index in [1.807, 2.05) is 7.05 Å². The van der Waals surface area contributed by atoms with Gasteiger partial charge < -0.3 is 4.99 Å². The van der Waals surface area contributed by atoms with E-state index in [0.717, 1.165) is 6.54 Å². The number of rotatable bonds is 4. The van der Waals surface area contributed by atoms with Crippen LogP contribution >= 0.6 is 0 Å². The van der Waals surface area contributed by atoms with Crippen LogP contribution < -0.4 is 0 Å². The van der Waals surface area contributed by atoms with E-state index < -0.39 is 0 Å². The number of aliphatic imine (C=N–C) groups is 1. The maximum absolute atomic E-state index is 4.16. The molecule has 0 N–H and O–H groups in total. The van der Waals surface area contributed by atoms with Gasteiger partial charge in [0.05, 0.1) is 0 Å². The third kappa shape index (κ3) is 2.95. The number of benzene rings is 1. The Kier molecular flexibility index (Phi) is 4.32. The van der Waals surface area contributed by atoms with Gasteiger partial charge in [0.25, 0.3) is 0 Å². The van der Waals surface area contributed by atoms with Gasteiger partial charge in [-0.25, -0.2) is 0 Å². The minimum absolute atomic E-state index is 0.575. The second-order valence-corrected chi connectivity index (χ2v) is 4.79. The van der Waals surface area contributed by atoms with Crippen molar-refractivity contribution in [3.8, 4) is 0 Å². The summed E-state index contributed by atoms with van der Waals surface area (Å²) in [5.74, 6) is 0.651. The third-order valence-corrected chi connectivity index (χ3v) is 3.63. The molecule has 1 aromatic carbocycles. The van der Waals surface area contributed by atoms with Gasteiger partial charge in [-0.2, -0.15) is 0 Å². The number of likely N-dealkylation sites (tertiary alicyclic amines) is 1. The van der Waals surface area contributed by atoms with E-state index in [4.69, 9.17) is 0 Å². The third-order valence-electron chi connectivity index (χ3n) is 3.63. The average molecular weight is 230 g/mol. The molecule has 0 amide bonds. The standard InChI is InChI=1S/C15H22N2/c1-3-15(14-7-5-4-6-8-14)17-10-9-13(12-17)11-16-2/h4-8,11,13,15H,3,9-10,12H2,1-2H3/t13?,15-/m1/s1. The molecule has 0 bridgehead atoms. The molecule has 0 aromatic heterocycles. The lowest BCUT2D eigenvalue weighted by Gasteiger charge is -2.27. The molecule has 1 heterocycles. The lowest BCUT2D eigenvalue weighted by Crippen LogP contribution is -2.26. The Morgan fingerprint density at radius 1 is 1.41 bits per heavy atom. The highest BCUT2D eigenvalue weighted by Crippen LogP contribution is 2.29. The Balaban J connectivity index is 2.05. The fourth-order valence-corrected chi connectivity index (χ4v) is 2.81. The van der Waals surface area contributed by atoms with Crippen LogP contribution in [0.5, 0.6) is 0 Å². The van der Waals surface area contributed by atoms with E-state index in [1.54, 1.807) is 0 Å². The molecule has 1 aliphatic heterocycles. The highest BCUT2D eigenvalue weighted by atomic mass is 15.2. The molecule has 0 radical (unpaired) electrons. The maximum Gasteiger partial charge on any atom is 0.0345 e. The van der Waals surface area contributed by atoms with Crippen molar-refractivity contribution in [1.82, 2.24) is 4.90 Å². The van der Waals surface area contributed by atoms with Crippen LogP contribution in [0.2, 0.25) is 0 Å². The summed E-state index contributed by atoms with van der Waals surface area (Å²) >= 11 is 0. The van der Waals surface area contributed by atoms with Crippen molar-refractivity contribution in [2.75, 3.05) is 20.1 Å². The molecule has 0 spiro atoms. The van der Waals surface area contributed by atoms with Crippen LogP contribution in [0.15, 0.2) is 35.3 Å². The minimum atomic E-state index is 0.575. The van der Waals surface area contributed by atoms with Gasteiger partial charge in [-0.15, -0.1) is 0 Å². The molecule has 2 atom stereocenters. The Morgan fingerprint density at radius 3 is 2.82 bits per heavy atom. The highest BCUT2D eigenvalue weighted by molar-refractivity contribution is 5.61. The first-order chi connectivity index (χ1) is 8.35. The number of hydrogen-bond donors (Lipinski definition) is 0. The maximum atomic E-state index is 4.16. The molecule has 17 heavy (non-hydrogen) atoms. The Labute approximate surface area is 104 Å². The fourth-order valence-electron chi connectivity index (χ4n) is 2.81. The molecule has 0 saturated carbocycles. The molecular formula is C15H22N2. The summed E-state index contributed by atoms with van der Waals surface area (Å²) in [6.45, 7) is 4.63. The summed E-state index contributed by atoms with van der Waals surface area (Å²) in [6.07, 6.45) is 4.54. The van der Waals surface area contributed by atoms with Crippen LogP contribution in [0, 0.1) is 5.92 Å². The topological polar surface area (TPSA) is 15.6 Å². The normalized spacial score (nSPS) is 23.3. The predicted molar refractivity (Wildman–Crippen MR) is 73.6 cm³/mol. The van der Waals surface area contributed by atoms with Gasteiger partial charge in [-0.05, 0) is 24.9 Å². The summed E-state index contributed by atoms with van der Waals surface area (Å²) < 4.78 is 0. The van der Waals surface area contributed by atoms with Crippen molar-refractivity contribution in [1.29, 1.82) is 0 Å². The summed E-state index contributed by atoms with van der Waals surface area (Å²) in [7, 11) is 1.87. The van der Waals surface area contributed by atoms with Gasteiger partial charge in [-0.3, -0.25) is 4.90 Å². The van der Waals surface area contributed by atoms with Crippen molar-refractivity contribution in [2.45, 2.75) is 25.8 Å². The molecule has 2 heteroatoms. The second-order valence-electron chi connectivity index (χ2n) is 4.79. The van der Waals surface area contributed by atoms with Gasteiger partial charge >= 0.3 is 0 Å². The van der Waals surface area contributed by atoms with Gasteiger partial charge in [0.2, 0.25) is 0 Å². The first kappa shape index (κ1) is 12.3. The molecule has 92 valence electrons. The van der Waals surface area contributed by atoms with E-state index >= 15 is 0 Å². The number of hydrogen-bond acceptors (Lipinski definition) is 2. The highest BCUT2D eigenvalue weighted by Gasteiger charge is 2.26. The smallest absolute Gasteiger partial charge is 0.0345 e. The summed E-state index contributed by atoms with van der Waals surface area (Å²) in [4.78, 5) is 6.76. The van der Waals surface area contributed by atoms with Crippen LogP contribution in [0.25, 0.3) is 0 Å². The van der Waals surface area contributed by atoms with E-state index in [2.05, 4.69) is 53.4 Å². The van der Waals surface area contributed by atoms with E-state index in [0.29, 0.717) is 12.0 Å². The molecule has 2 rings (SSSR count). The number of nitrogens with zero attached hydrogens (tertiary/aromatic N) is 2. The summed E-state index contributed by atoms with van der Waals surface area (Å²) in [6, 6.07) is 11.4. The monoisotopic (exact) mass is 230 g/mol. The van der Waals surface area contributed by atoms with E-state index in [9.17, 15) is 0 Å².